The summed E-state index contributed by atoms with van der Waals surface area (Å²) in [4.78, 5) is 19.8. The normalized spacial score (nSPS) is 24.7. The number of rotatable bonds is 11. The van der Waals surface area contributed by atoms with Gasteiger partial charge in [0.2, 0.25) is 5.91 Å². The number of likely N-dealkylation sites (tertiary alicyclic amines) is 1. The molecule has 0 radical (unpaired) electrons. The molecule has 7 nitrogen and oxygen atoms in total. The molecule has 10 heteroatoms. The molecule has 1 amide bonds. The number of ether oxygens (including phenoxy) is 2. The Bertz CT molecular complexity index is 1890. The molecule has 1 spiro atoms. The second-order valence-corrected chi connectivity index (χ2v) is 16.5. The minimum Gasteiger partial charge on any atom is -0.386 e. The fourth-order valence-electron chi connectivity index (χ4n) is 8.98. The third-order valence-corrected chi connectivity index (χ3v) is 11.7. The molecule has 53 heavy (non-hydrogen) atoms. The van der Waals surface area contributed by atoms with Crippen LogP contribution in [0.1, 0.15) is 67.5 Å². The zero-order chi connectivity index (χ0) is 37.3. The highest BCUT2D eigenvalue weighted by Crippen LogP contribution is 2.63. The van der Waals surface area contributed by atoms with E-state index in [2.05, 4.69) is 35.9 Å². The number of nitrogens with zero attached hydrogens (tertiary/aromatic N) is 2. The lowest BCUT2D eigenvalue weighted by Crippen LogP contribution is -2.52. The topological polar surface area (TPSA) is 74.3 Å². The van der Waals surface area contributed by atoms with Gasteiger partial charge in [-0.15, -0.1) is 0 Å². The smallest absolute Gasteiger partial charge is 0.237 e. The van der Waals surface area contributed by atoms with Gasteiger partial charge < -0.3 is 19.9 Å². The number of carbonyl (C=O) groups excluding carboxylic acids is 1. The molecule has 3 aliphatic heterocycles. The van der Waals surface area contributed by atoms with E-state index in [0.717, 1.165) is 29.8 Å². The van der Waals surface area contributed by atoms with Crippen LogP contribution in [0.5, 0.6) is 0 Å². The fraction of sp³-hybridized carbons (Fsp3) is 0.419. The molecule has 0 aromatic heterocycles. The van der Waals surface area contributed by atoms with Crippen LogP contribution < -0.4 is 5.32 Å². The maximum atomic E-state index is 16.8. The second-order valence-electron chi connectivity index (χ2n) is 15.7. The van der Waals surface area contributed by atoms with Crippen LogP contribution in [-0.2, 0) is 19.7 Å². The summed E-state index contributed by atoms with van der Waals surface area (Å²) < 4.78 is 29.0. The van der Waals surface area contributed by atoms with Gasteiger partial charge >= 0.3 is 0 Å². The molecule has 0 saturated carbocycles. The number of carbonyl (C=O) groups is 1. The number of morpholine rings is 1. The molecule has 7 rings (SSSR count). The van der Waals surface area contributed by atoms with Gasteiger partial charge in [0, 0.05) is 48.3 Å². The Hall–Kier alpha value is -3.34. The molecular formula is C43H48Cl2FN3O4. The van der Waals surface area contributed by atoms with Gasteiger partial charge in [-0.25, -0.2) is 4.39 Å². The molecule has 3 aliphatic rings. The summed E-state index contributed by atoms with van der Waals surface area (Å²) in [7, 11) is 0. The van der Waals surface area contributed by atoms with E-state index >= 15 is 9.18 Å². The average Bonchev–Trinajstić information content (AvgIpc) is 3.58. The van der Waals surface area contributed by atoms with Crippen LogP contribution in [0.3, 0.4) is 0 Å². The Kier molecular flexibility index (Phi) is 11.3. The van der Waals surface area contributed by atoms with E-state index in [-0.39, 0.29) is 23.0 Å². The van der Waals surface area contributed by atoms with E-state index in [1.54, 1.807) is 24.3 Å². The van der Waals surface area contributed by atoms with Crippen molar-refractivity contribution in [1.29, 1.82) is 0 Å². The van der Waals surface area contributed by atoms with Crippen molar-refractivity contribution >= 4 is 34.8 Å². The first kappa shape index (κ1) is 38.0. The molecule has 0 bridgehead atoms. The minimum atomic E-state index is -1.32. The fourth-order valence-corrected chi connectivity index (χ4v) is 9.34. The molecule has 2 N–H and O–H groups in total. The first-order chi connectivity index (χ1) is 25.5. The summed E-state index contributed by atoms with van der Waals surface area (Å²) in [5, 5.41) is 16.3. The molecule has 6 atom stereocenters. The second kappa shape index (κ2) is 15.8. The minimum absolute atomic E-state index is 0.0193. The van der Waals surface area contributed by atoms with Crippen molar-refractivity contribution < 1.29 is 23.8 Å². The van der Waals surface area contributed by atoms with Crippen molar-refractivity contribution in [2.45, 2.75) is 62.8 Å². The van der Waals surface area contributed by atoms with Gasteiger partial charge in [-0.3, -0.25) is 14.6 Å². The van der Waals surface area contributed by atoms with Crippen molar-refractivity contribution in [2.24, 2.45) is 5.41 Å². The number of amides is 1. The number of hydrogen-bond acceptors (Lipinski definition) is 6. The highest BCUT2D eigenvalue weighted by molar-refractivity contribution is 6.31. The lowest BCUT2D eigenvalue weighted by molar-refractivity contribution is -0.123. The molecular weight excluding hydrogens is 712 g/mol. The SMILES string of the molecule is CC(C)(C)C[C@H]1N(C(c2ccccc2)[C@H](O)c2ccccc2)[C@@H](COCCN2CCOCC2)[C@H](c2cccc(Cl)c2F)[C@@]12C(=O)Nc1cc(Cl)ccc12. The van der Waals surface area contributed by atoms with Crippen molar-refractivity contribution in [1.82, 2.24) is 9.80 Å². The van der Waals surface area contributed by atoms with Crippen molar-refractivity contribution in [3.63, 3.8) is 0 Å². The highest BCUT2D eigenvalue weighted by Gasteiger charge is 2.69. The zero-order valence-corrected chi connectivity index (χ0v) is 32.0. The van der Waals surface area contributed by atoms with Crippen LogP contribution in [0.2, 0.25) is 10.0 Å². The molecule has 280 valence electrons. The molecule has 2 saturated heterocycles. The maximum Gasteiger partial charge on any atom is 0.237 e. The van der Waals surface area contributed by atoms with E-state index in [1.807, 2.05) is 66.7 Å². The molecule has 1 unspecified atom stereocenters. The van der Waals surface area contributed by atoms with E-state index in [9.17, 15) is 5.11 Å². The zero-order valence-electron chi connectivity index (χ0n) is 30.5. The van der Waals surface area contributed by atoms with Crippen LogP contribution in [-0.4, -0.2) is 79.0 Å². The number of halogens is 3. The summed E-state index contributed by atoms with van der Waals surface area (Å²) in [5.74, 6) is -1.58. The first-order valence-electron chi connectivity index (χ1n) is 18.5. The number of benzene rings is 4. The van der Waals surface area contributed by atoms with Gasteiger partial charge in [0.25, 0.3) is 0 Å². The number of fused-ring (bicyclic) bond motifs is 2. The maximum absolute atomic E-state index is 16.8. The van der Waals surface area contributed by atoms with E-state index in [1.165, 1.54) is 6.07 Å². The van der Waals surface area contributed by atoms with Gasteiger partial charge in [0.05, 0.1) is 43.6 Å². The van der Waals surface area contributed by atoms with Crippen molar-refractivity contribution in [3.05, 3.63) is 135 Å². The lowest BCUT2D eigenvalue weighted by atomic mass is 9.62. The Morgan fingerprint density at radius 2 is 1.64 bits per heavy atom. The third-order valence-electron chi connectivity index (χ3n) is 11.2. The standard InChI is InChI=1S/C43H48Cl2FN3O4/c1-42(2,3)26-36-43(32-18-17-30(44)25-34(32)47-41(43)51)37(31-15-10-16-33(45)38(31)46)35(27-53-24-21-48-19-22-52-23-20-48)49(36)39(28-11-6-4-7-12-28)40(50)29-13-8-5-9-14-29/h4-18,25,35-37,39-40,50H,19-24,26-27H2,1-3H3,(H,47,51)/t35-,36+,37-,39?,40+,43-/m0/s1. The number of anilines is 1. The molecule has 2 fully saturated rings. The molecule has 4 aromatic carbocycles. The third kappa shape index (κ3) is 7.40. The number of hydrogen-bond donors (Lipinski definition) is 2. The van der Waals surface area contributed by atoms with Crippen LogP contribution >= 0.6 is 23.2 Å². The largest absolute Gasteiger partial charge is 0.386 e. The Balaban J connectivity index is 1.48. The number of nitrogens with one attached hydrogen (secondary N) is 1. The predicted molar refractivity (Wildman–Crippen MR) is 208 cm³/mol. The quantitative estimate of drug-likeness (QED) is 0.150. The van der Waals surface area contributed by atoms with Crippen molar-refractivity contribution in [3.8, 4) is 0 Å². The van der Waals surface area contributed by atoms with Gasteiger partial charge in [0.15, 0.2) is 0 Å². The van der Waals surface area contributed by atoms with Gasteiger partial charge in [-0.05, 0) is 52.3 Å². The number of aliphatic hydroxyl groups is 1. The first-order valence-corrected chi connectivity index (χ1v) is 19.2. The van der Waals surface area contributed by atoms with Crippen LogP contribution in [0, 0.1) is 11.2 Å². The van der Waals surface area contributed by atoms with Crippen molar-refractivity contribution in [2.75, 3.05) is 51.4 Å². The van der Waals surface area contributed by atoms with E-state index in [4.69, 9.17) is 32.7 Å². The Morgan fingerprint density at radius 3 is 2.32 bits per heavy atom. The van der Waals surface area contributed by atoms with Gasteiger partial charge in [-0.2, -0.15) is 0 Å². The highest BCUT2D eigenvalue weighted by atomic mass is 35.5. The van der Waals surface area contributed by atoms with Crippen LogP contribution in [0.15, 0.2) is 97.1 Å². The summed E-state index contributed by atoms with van der Waals surface area (Å²) in [6.45, 7) is 10.8. The average molecular weight is 761 g/mol. The van der Waals surface area contributed by atoms with E-state index in [0.29, 0.717) is 49.1 Å². The predicted octanol–water partition coefficient (Wildman–Crippen LogP) is 8.42. The monoisotopic (exact) mass is 759 g/mol. The Morgan fingerprint density at radius 1 is 0.962 bits per heavy atom. The Labute approximate surface area is 322 Å². The molecule has 3 heterocycles. The summed E-state index contributed by atoms with van der Waals surface area (Å²) in [6, 6.07) is 28.3. The molecule has 0 aliphatic carbocycles. The van der Waals surface area contributed by atoms with Gasteiger partial charge in [0.1, 0.15) is 11.2 Å². The summed E-state index contributed by atoms with van der Waals surface area (Å²) >= 11 is 13.1. The summed E-state index contributed by atoms with van der Waals surface area (Å²) in [5.41, 5.74) is 1.67. The van der Waals surface area contributed by atoms with Crippen LogP contribution in [0.4, 0.5) is 10.1 Å². The number of aliphatic hydroxyl groups excluding tert-OH is 1. The summed E-state index contributed by atoms with van der Waals surface area (Å²) in [6.07, 6.45) is -0.470. The molecule has 4 aromatic rings. The van der Waals surface area contributed by atoms with Gasteiger partial charge in [-0.1, -0.05) is 123 Å². The lowest BCUT2D eigenvalue weighted by Gasteiger charge is -2.44. The van der Waals surface area contributed by atoms with Crippen LogP contribution in [0.25, 0.3) is 0 Å². The van der Waals surface area contributed by atoms with E-state index < -0.39 is 41.4 Å².